The van der Waals surface area contributed by atoms with Gasteiger partial charge in [0.1, 0.15) is 0 Å². The lowest BCUT2D eigenvalue weighted by molar-refractivity contribution is -0.136. The maximum atomic E-state index is 12.5. The number of carbonyl (C=O) groups is 3. The molecule has 2 rings (SSSR count). The van der Waals surface area contributed by atoms with Crippen molar-refractivity contribution in [2.24, 2.45) is 5.73 Å². The van der Waals surface area contributed by atoms with Crippen molar-refractivity contribution in [1.82, 2.24) is 4.90 Å². The third kappa shape index (κ3) is 2.77. The standard InChI is InChI=1S/C16H18N2O5/c1-3-11(12(17)13(16(21)22)23-4-2)18-14(19)9-7-5-6-8-10(9)15(18)20/h5-8,11H,3-4,17H2,1-2H3,(H,21,22). The van der Waals surface area contributed by atoms with E-state index in [1.54, 1.807) is 38.1 Å². The minimum atomic E-state index is -1.33. The number of aliphatic carboxylic acids is 1. The summed E-state index contributed by atoms with van der Waals surface area (Å²) in [6, 6.07) is 5.57. The molecular formula is C16H18N2O5. The number of nitrogens with two attached hydrogens (primary N) is 1. The van der Waals surface area contributed by atoms with Crippen LogP contribution in [0.4, 0.5) is 0 Å². The number of hydrogen-bond donors (Lipinski definition) is 2. The molecule has 122 valence electrons. The molecule has 0 saturated carbocycles. The summed E-state index contributed by atoms with van der Waals surface area (Å²) in [6.07, 6.45) is 0.279. The van der Waals surface area contributed by atoms with E-state index in [4.69, 9.17) is 10.5 Å². The molecule has 1 atom stereocenters. The zero-order chi connectivity index (χ0) is 17.1. The van der Waals surface area contributed by atoms with Crippen LogP contribution in [0.15, 0.2) is 35.7 Å². The first kappa shape index (κ1) is 16.5. The number of benzene rings is 1. The Labute approximate surface area is 133 Å². The van der Waals surface area contributed by atoms with Crippen molar-refractivity contribution in [2.75, 3.05) is 6.61 Å². The zero-order valence-electron chi connectivity index (χ0n) is 12.9. The highest BCUT2D eigenvalue weighted by atomic mass is 16.5. The second-order valence-electron chi connectivity index (χ2n) is 4.97. The maximum absolute atomic E-state index is 12.5. The van der Waals surface area contributed by atoms with E-state index < -0.39 is 29.6 Å². The summed E-state index contributed by atoms with van der Waals surface area (Å²) in [6.45, 7) is 3.45. The van der Waals surface area contributed by atoms with Gasteiger partial charge in [-0.05, 0) is 25.5 Å². The number of carboxylic acid groups (broad SMARTS) is 1. The molecule has 23 heavy (non-hydrogen) atoms. The molecule has 0 fully saturated rings. The normalized spacial score (nSPS) is 16.0. The van der Waals surface area contributed by atoms with Gasteiger partial charge in [-0.1, -0.05) is 19.1 Å². The summed E-state index contributed by atoms with van der Waals surface area (Å²) in [4.78, 5) is 37.3. The van der Waals surface area contributed by atoms with E-state index in [-0.39, 0.29) is 29.9 Å². The van der Waals surface area contributed by atoms with Crippen LogP contribution in [0.5, 0.6) is 0 Å². The summed E-state index contributed by atoms with van der Waals surface area (Å²) in [5.41, 5.74) is 6.36. The van der Waals surface area contributed by atoms with Gasteiger partial charge in [0.2, 0.25) is 5.76 Å². The van der Waals surface area contributed by atoms with Gasteiger partial charge in [0.05, 0.1) is 29.5 Å². The topological polar surface area (TPSA) is 110 Å². The predicted molar refractivity (Wildman–Crippen MR) is 81.5 cm³/mol. The lowest BCUT2D eigenvalue weighted by Crippen LogP contribution is -2.43. The van der Waals surface area contributed by atoms with Gasteiger partial charge in [-0.2, -0.15) is 0 Å². The molecule has 0 aliphatic carbocycles. The molecule has 1 unspecified atom stereocenters. The lowest BCUT2D eigenvalue weighted by atomic mass is 10.1. The van der Waals surface area contributed by atoms with Crippen molar-refractivity contribution in [3.8, 4) is 0 Å². The van der Waals surface area contributed by atoms with Crippen molar-refractivity contribution < 1.29 is 24.2 Å². The van der Waals surface area contributed by atoms with E-state index in [0.717, 1.165) is 4.90 Å². The molecule has 3 N–H and O–H groups in total. The monoisotopic (exact) mass is 318 g/mol. The summed E-state index contributed by atoms with van der Waals surface area (Å²) in [7, 11) is 0. The molecule has 0 saturated heterocycles. The number of fused-ring (bicyclic) bond motifs is 1. The van der Waals surface area contributed by atoms with E-state index in [2.05, 4.69) is 0 Å². The fourth-order valence-electron chi connectivity index (χ4n) is 2.60. The molecule has 7 heteroatoms. The zero-order valence-corrected chi connectivity index (χ0v) is 12.9. The van der Waals surface area contributed by atoms with Crippen molar-refractivity contribution in [3.63, 3.8) is 0 Å². The van der Waals surface area contributed by atoms with E-state index in [0.29, 0.717) is 0 Å². The van der Waals surface area contributed by atoms with Crippen LogP contribution in [0.3, 0.4) is 0 Å². The summed E-state index contributed by atoms with van der Waals surface area (Å²) >= 11 is 0. The van der Waals surface area contributed by atoms with Crippen molar-refractivity contribution in [1.29, 1.82) is 0 Å². The largest absolute Gasteiger partial charge is 0.486 e. The molecule has 2 amide bonds. The van der Waals surface area contributed by atoms with E-state index in [1.807, 2.05) is 0 Å². The van der Waals surface area contributed by atoms with E-state index in [9.17, 15) is 19.5 Å². The number of ether oxygens (including phenoxy) is 1. The SMILES string of the molecule is CCOC(C(=O)O)=C(N)C(CC)N1C(=O)c2ccccc2C1=O. The van der Waals surface area contributed by atoms with Gasteiger partial charge >= 0.3 is 5.97 Å². The number of imide groups is 1. The lowest BCUT2D eigenvalue weighted by Gasteiger charge is -2.26. The van der Waals surface area contributed by atoms with Crippen LogP contribution in [-0.4, -0.2) is 40.4 Å². The van der Waals surface area contributed by atoms with Crippen LogP contribution < -0.4 is 5.73 Å². The minimum Gasteiger partial charge on any atom is -0.486 e. The Morgan fingerprint density at radius 1 is 1.22 bits per heavy atom. The van der Waals surface area contributed by atoms with E-state index in [1.165, 1.54) is 0 Å². The number of carbonyl (C=O) groups excluding carboxylic acids is 2. The summed E-state index contributed by atoms with van der Waals surface area (Å²) < 4.78 is 5.06. The van der Waals surface area contributed by atoms with Crippen LogP contribution in [0, 0.1) is 0 Å². The Bertz CT molecular complexity index is 660. The highest BCUT2D eigenvalue weighted by molar-refractivity contribution is 6.21. The Hall–Kier alpha value is -2.83. The molecule has 0 radical (unpaired) electrons. The third-order valence-corrected chi connectivity index (χ3v) is 3.63. The number of hydrogen-bond acceptors (Lipinski definition) is 5. The van der Waals surface area contributed by atoms with Crippen LogP contribution >= 0.6 is 0 Å². The first-order chi connectivity index (χ1) is 10.9. The molecule has 0 bridgehead atoms. The molecule has 1 aliphatic rings. The number of carboxylic acids is 1. The van der Waals surface area contributed by atoms with Gasteiger partial charge in [-0.25, -0.2) is 4.79 Å². The van der Waals surface area contributed by atoms with Crippen molar-refractivity contribution in [3.05, 3.63) is 46.8 Å². The maximum Gasteiger partial charge on any atom is 0.373 e. The molecular weight excluding hydrogens is 300 g/mol. The van der Waals surface area contributed by atoms with Gasteiger partial charge in [-0.15, -0.1) is 0 Å². The quantitative estimate of drug-likeness (QED) is 0.465. The molecule has 0 spiro atoms. The second-order valence-corrected chi connectivity index (χ2v) is 4.97. The third-order valence-electron chi connectivity index (χ3n) is 3.63. The van der Waals surface area contributed by atoms with Crippen molar-refractivity contribution >= 4 is 17.8 Å². The van der Waals surface area contributed by atoms with Crippen LogP contribution in [0.25, 0.3) is 0 Å². The average Bonchev–Trinajstić information content (AvgIpc) is 2.78. The smallest absolute Gasteiger partial charge is 0.373 e. The predicted octanol–water partition coefficient (Wildman–Crippen LogP) is 1.35. The summed E-state index contributed by atoms with van der Waals surface area (Å²) in [5.74, 6) is -2.74. The Morgan fingerprint density at radius 2 is 1.74 bits per heavy atom. The van der Waals surface area contributed by atoms with Crippen LogP contribution in [0.1, 0.15) is 41.0 Å². The average molecular weight is 318 g/mol. The first-order valence-corrected chi connectivity index (χ1v) is 7.26. The fraction of sp³-hybridized carbons (Fsp3) is 0.312. The van der Waals surface area contributed by atoms with Crippen molar-refractivity contribution in [2.45, 2.75) is 26.3 Å². The first-order valence-electron chi connectivity index (χ1n) is 7.26. The second kappa shape index (κ2) is 6.51. The highest BCUT2D eigenvalue weighted by Gasteiger charge is 2.41. The summed E-state index contributed by atoms with van der Waals surface area (Å²) in [5, 5.41) is 9.22. The molecule has 0 aromatic heterocycles. The Morgan fingerprint density at radius 3 is 2.13 bits per heavy atom. The van der Waals surface area contributed by atoms with Gasteiger partial charge in [0, 0.05) is 0 Å². The van der Waals surface area contributed by atoms with Gasteiger partial charge in [0.15, 0.2) is 0 Å². The Balaban J connectivity index is 2.47. The minimum absolute atomic E-state index is 0.112. The van der Waals surface area contributed by atoms with Gasteiger partial charge in [0.25, 0.3) is 11.8 Å². The highest BCUT2D eigenvalue weighted by Crippen LogP contribution is 2.28. The van der Waals surface area contributed by atoms with E-state index >= 15 is 0 Å². The van der Waals surface area contributed by atoms with Crippen LogP contribution in [-0.2, 0) is 9.53 Å². The van der Waals surface area contributed by atoms with Gasteiger partial charge < -0.3 is 15.6 Å². The molecule has 1 aromatic rings. The molecule has 1 aromatic carbocycles. The number of amides is 2. The molecule has 7 nitrogen and oxygen atoms in total. The number of rotatable bonds is 6. The number of nitrogens with zero attached hydrogens (tertiary/aromatic N) is 1. The molecule has 1 heterocycles. The van der Waals surface area contributed by atoms with Gasteiger partial charge in [-0.3, -0.25) is 14.5 Å². The Kier molecular flexibility index (Phi) is 4.68. The van der Waals surface area contributed by atoms with Crippen LogP contribution in [0.2, 0.25) is 0 Å². The fourth-order valence-corrected chi connectivity index (χ4v) is 2.60. The molecule has 1 aliphatic heterocycles.